The van der Waals surface area contributed by atoms with Gasteiger partial charge in [-0.15, -0.1) is 0 Å². The molecule has 156 valence electrons. The number of carbonyl (C=O) groups excluding carboxylic acids is 2. The van der Waals surface area contributed by atoms with Crippen molar-refractivity contribution in [3.05, 3.63) is 110 Å². The summed E-state index contributed by atoms with van der Waals surface area (Å²) < 4.78 is 0. The number of hydrogen-bond donors (Lipinski definition) is 2. The molecule has 2 amide bonds. The molecule has 0 aliphatic carbocycles. The van der Waals surface area contributed by atoms with Crippen molar-refractivity contribution in [2.24, 2.45) is 0 Å². The van der Waals surface area contributed by atoms with E-state index in [1.165, 1.54) is 36.4 Å². The van der Waals surface area contributed by atoms with E-state index in [4.69, 9.17) is 11.6 Å². The quantitative estimate of drug-likeness (QED) is 0.324. The van der Waals surface area contributed by atoms with Gasteiger partial charge in [0.15, 0.2) is 0 Å². The normalized spacial score (nSPS) is 11.0. The van der Waals surface area contributed by atoms with Gasteiger partial charge in [-0.1, -0.05) is 41.4 Å². The first-order valence-corrected chi connectivity index (χ1v) is 9.61. The number of rotatable bonds is 6. The van der Waals surface area contributed by atoms with Gasteiger partial charge in [0.2, 0.25) is 0 Å². The number of non-ortho nitro benzene ring substituents is 1. The Morgan fingerprint density at radius 2 is 1.68 bits per heavy atom. The van der Waals surface area contributed by atoms with E-state index in [2.05, 4.69) is 10.6 Å². The first-order valence-electron chi connectivity index (χ1n) is 9.23. The molecular weight excluding hydrogens is 418 g/mol. The zero-order chi connectivity index (χ0) is 22.4. The minimum atomic E-state index is -0.572. The fraction of sp³-hybridized carbons (Fsp3) is 0.0435. The maximum absolute atomic E-state index is 12.9. The number of benzene rings is 3. The Morgan fingerprint density at radius 3 is 2.32 bits per heavy atom. The average molecular weight is 436 g/mol. The third kappa shape index (κ3) is 6.01. The molecule has 8 heteroatoms. The molecule has 7 nitrogen and oxygen atoms in total. The number of nitrogens with zero attached hydrogens (tertiary/aromatic N) is 1. The summed E-state index contributed by atoms with van der Waals surface area (Å²) in [6, 6.07) is 19.1. The van der Waals surface area contributed by atoms with E-state index in [0.29, 0.717) is 21.8 Å². The molecule has 0 atom stereocenters. The lowest BCUT2D eigenvalue weighted by Crippen LogP contribution is -2.30. The molecule has 0 bridgehead atoms. The van der Waals surface area contributed by atoms with E-state index in [1.807, 2.05) is 19.1 Å². The van der Waals surface area contributed by atoms with Crippen molar-refractivity contribution in [3.63, 3.8) is 0 Å². The van der Waals surface area contributed by atoms with Crippen LogP contribution in [0.1, 0.15) is 21.5 Å². The molecular formula is C23H18ClN3O4. The van der Waals surface area contributed by atoms with E-state index >= 15 is 0 Å². The van der Waals surface area contributed by atoms with E-state index in [1.54, 1.807) is 30.3 Å². The van der Waals surface area contributed by atoms with Crippen molar-refractivity contribution in [3.8, 4) is 0 Å². The summed E-state index contributed by atoms with van der Waals surface area (Å²) in [4.78, 5) is 36.1. The number of aryl methyl sites for hydroxylation is 1. The van der Waals surface area contributed by atoms with Gasteiger partial charge in [0.25, 0.3) is 17.5 Å². The maximum Gasteiger partial charge on any atom is 0.272 e. The highest BCUT2D eigenvalue weighted by Crippen LogP contribution is 2.17. The second kappa shape index (κ2) is 9.69. The Kier molecular flexibility index (Phi) is 6.79. The molecule has 0 saturated heterocycles. The molecule has 2 N–H and O–H groups in total. The van der Waals surface area contributed by atoms with Gasteiger partial charge in [-0.25, -0.2) is 0 Å². The topological polar surface area (TPSA) is 101 Å². The Morgan fingerprint density at radius 1 is 1.00 bits per heavy atom. The number of amides is 2. The minimum Gasteiger partial charge on any atom is -0.321 e. The summed E-state index contributed by atoms with van der Waals surface area (Å²) in [6.07, 6.45) is 1.38. The number of carbonyl (C=O) groups is 2. The molecule has 0 unspecified atom stereocenters. The summed E-state index contributed by atoms with van der Waals surface area (Å²) in [7, 11) is 0. The van der Waals surface area contributed by atoms with Gasteiger partial charge < -0.3 is 10.6 Å². The zero-order valence-corrected chi connectivity index (χ0v) is 17.2. The third-order valence-electron chi connectivity index (χ3n) is 4.30. The predicted octanol–water partition coefficient (Wildman–Crippen LogP) is 4.97. The average Bonchev–Trinajstić information content (AvgIpc) is 2.75. The van der Waals surface area contributed by atoms with Crippen LogP contribution in [0.3, 0.4) is 0 Å². The Bertz CT molecular complexity index is 1160. The van der Waals surface area contributed by atoms with Crippen LogP contribution in [0.4, 0.5) is 11.4 Å². The molecule has 0 heterocycles. The molecule has 0 spiro atoms. The number of hydrogen-bond acceptors (Lipinski definition) is 4. The lowest BCUT2D eigenvalue weighted by atomic mass is 10.1. The first-order chi connectivity index (χ1) is 14.8. The van der Waals surface area contributed by atoms with Crippen molar-refractivity contribution in [1.82, 2.24) is 5.32 Å². The third-order valence-corrected chi connectivity index (χ3v) is 4.55. The number of nitro groups is 1. The van der Waals surface area contributed by atoms with Crippen LogP contribution >= 0.6 is 11.6 Å². The summed E-state index contributed by atoms with van der Waals surface area (Å²) in [6.45, 7) is 1.92. The van der Waals surface area contributed by atoms with E-state index in [9.17, 15) is 19.7 Å². The highest BCUT2D eigenvalue weighted by Gasteiger charge is 2.16. The maximum atomic E-state index is 12.9. The molecule has 31 heavy (non-hydrogen) atoms. The standard InChI is InChI=1S/C23H18ClN3O4/c1-15-5-11-19(12-6-15)25-23(29)21(14-16-3-2-4-20(13-16)27(30)31)26-22(28)17-7-9-18(24)10-8-17/h2-14H,1H3,(H,25,29)(H,26,28). The van der Waals surface area contributed by atoms with Crippen LogP contribution in [-0.2, 0) is 4.79 Å². The summed E-state index contributed by atoms with van der Waals surface area (Å²) in [5.74, 6) is -1.09. The van der Waals surface area contributed by atoms with Crippen LogP contribution in [0, 0.1) is 17.0 Å². The van der Waals surface area contributed by atoms with E-state index in [0.717, 1.165) is 5.56 Å². The molecule has 0 aromatic heterocycles. The van der Waals surface area contributed by atoms with Gasteiger partial charge >= 0.3 is 0 Å². The number of nitrogens with one attached hydrogen (secondary N) is 2. The van der Waals surface area contributed by atoms with Crippen molar-refractivity contribution in [2.75, 3.05) is 5.32 Å². The fourth-order valence-corrected chi connectivity index (χ4v) is 2.81. The van der Waals surface area contributed by atoms with Crippen LogP contribution in [0.15, 0.2) is 78.5 Å². The Balaban J connectivity index is 1.92. The molecule has 0 radical (unpaired) electrons. The van der Waals surface area contributed by atoms with Crippen molar-refractivity contribution < 1.29 is 14.5 Å². The second-order valence-electron chi connectivity index (χ2n) is 6.69. The predicted molar refractivity (Wildman–Crippen MR) is 120 cm³/mol. The van der Waals surface area contributed by atoms with Crippen molar-refractivity contribution >= 4 is 40.9 Å². The molecule has 0 aliphatic heterocycles. The molecule has 0 fully saturated rings. The SMILES string of the molecule is Cc1ccc(NC(=O)C(=Cc2cccc([N+](=O)[O-])c2)NC(=O)c2ccc(Cl)cc2)cc1. The highest BCUT2D eigenvalue weighted by molar-refractivity contribution is 6.30. The van der Waals surface area contributed by atoms with Crippen molar-refractivity contribution in [1.29, 1.82) is 0 Å². The number of anilines is 1. The Labute approximate surface area is 183 Å². The monoisotopic (exact) mass is 435 g/mol. The molecule has 0 saturated carbocycles. The van der Waals surface area contributed by atoms with Gasteiger partial charge in [0.1, 0.15) is 5.70 Å². The first kappa shape index (κ1) is 21.7. The van der Waals surface area contributed by atoms with Crippen LogP contribution in [0.25, 0.3) is 6.08 Å². The fourth-order valence-electron chi connectivity index (χ4n) is 2.68. The smallest absolute Gasteiger partial charge is 0.272 e. The lowest BCUT2D eigenvalue weighted by Gasteiger charge is -2.12. The number of halogens is 1. The van der Waals surface area contributed by atoms with Crippen LogP contribution in [-0.4, -0.2) is 16.7 Å². The zero-order valence-electron chi connectivity index (χ0n) is 16.5. The van der Waals surface area contributed by atoms with Crippen LogP contribution in [0.2, 0.25) is 5.02 Å². The van der Waals surface area contributed by atoms with E-state index < -0.39 is 16.7 Å². The van der Waals surface area contributed by atoms with Crippen LogP contribution < -0.4 is 10.6 Å². The summed E-state index contributed by atoms with van der Waals surface area (Å²) >= 11 is 5.86. The van der Waals surface area contributed by atoms with Crippen molar-refractivity contribution in [2.45, 2.75) is 6.92 Å². The molecule has 0 aliphatic rings. The molecule has 3 aromatic carbocycles. The molecule has 3 rings (SSSR count). The van der Waals surface area contributed by atoms with E-state index in [-0.39, 0.29) is 11.4 Å². The summed E-state index contributed by atoms with van der Waals surface area (Å²) in [5.41, 5.74) is 2.07. The van der Waals surface area contributed by atoms with Gasteiger partial charge in [-0.2, -0.15) is 0 Å². The second-order valence-corrected chi connectivity index (χ2v) is 7.13. The minimum absolute atomic E-state index is 0.0685. The van der Waals surface area contributed by atoms with Gasteiger partial charge in [0, 0.05) is 28.4 Å². The lowest BCUT2D eigenvalue weighted by molar-refractivity contribution is -0.384. The highest BCUT2D eigenvalue weighted by atomic mass is 35.5. The van der Waals surface area contributed by atoms with Gasteiger partial charge in [-0.3, -0.25) is 19.7 Å². The number of nitro benzene ring substituents is 1. The van der Waals surface area contributed by atoms with Gasteiger partial charge in [0.05, 0.1) is 4.92 Å². The van der Waals surface area contributed by atoms with Crippen LogP contribution in [0.5, 0.6) is 0 Å². The molecule has 3 aromatic rings. The van der Waals surface area contributed by atoms with Gasteiger partial charge in [-0.05, 0) is 55.0 Å². The summed E-state index contributed by atoms with van der Waals surface area (Å²) in [5, 5.41) is 16.8. The Hall–Kier alpha value is -3.97. The largest absolute Gasteiger partial charge is 0.321 e.